The summed E-state index contributed by atoms with van der Waals surface area (Å²) in [6, 6.07) is 1.78. The maximum absolute atomic E-state index is 12.0. The number of halogens is 3. The first-order chi connectivity index (χ1) is 9.40. The van der Waals surface area contributed by atoms with E-state index in [4.69, 9.17) is 0 Å². The van der Waals surface area contributed by atoms with E-state index in [9.17, 15) is 13.2 Å². The Balaban J connectivity index is 2.37. The number of nitrogens with zero attached hydrogens (tertiary/aromatic N) is 2. The van der Waals surface area contributed by atoms with E-state index in [-0.39, 0.29) is 6.42 Å². The first-order valence-corrected chi connectivity index (χ1v) is 6.81. The van der Waals surface area contributed by atoms with Gasteiger partial charge in [-0.2, -0.15) is 18.2 Å². The zero-order chi connectivity index (χ0) is 15.0. The van der Waals surface area contributed by atoms with Crippen LogP contribution in [0.15, 0.2) is 6.07 Å². The van der Waals surface area contributed by atoms with Gasteiger partial charge >= 0.3 is 6.18 Å². The molecule has 0 fully saturated rings. The van der Waals surface area contributed by atoms with Crippen molar-refractivity contribution in [2.24, 2.45) is 0 Å². The number of hydrogen-bond donors (Lipinski definition) is 2. The summed E-state index contributed by atoms with van der Waals surface area (Å²) in [4.78, 5) is 8.50. The number of alkyl halides is 3. The monoisotopic (exact) mass is 290 g/mol. The third-order valence-electron chi connectivity index (χ3n) is 2.58. The quantitative estimate of drug-likeness (QED) is 0.716. The molecule has 1 rings (SSSR count). The van der Waals surface area contributed by atoms with Crippen molar-refractivity contribution in [1.29, 1.82) is 0 Å². The molecule has 1 heterocycles. The second-order valence-corrected chi connectivity index (χ2v) is 4.64. The Morgan fingerprint density at radius 3 is 2.50 bits per heavy atom. The van der Waals surface area contributed by atoms with Gasteiger partial charge in [0.25, 0.3) is 0 Å². The highest BCUT2D eigenvalue weighted by Gasteiger charge is 2.25. The molecule has 1 aromatic heterocycles. The first kappa shape index (κ1) is 16.5. The molecule has 0 saturated carbocycles. The maximum Gasteiger partial charge on any atom is 0.389 e. The summed E-state index contributed by atoms with van der Waals surface area (Å²) in [6.45, 7) is 5.16. The van der Waals surface area contributed by atoms with Gasteiger partial charge in [-0.05, 0) is 26.2 Å². The van der Waals surface area contributed by atoms with Crippen LogP contribution >= 0.6 is 0 Å². The van der Waals surface area contributed by atoms with Gasteiger partial charge in [0.15, 0.2) is 0 Å². The molecule has 0 radical (unpaired) electrons. The van der Waals surface area contributed by atoms with Crippen LogP contribution in [0.1, 0.15) is 38.3 Å². The fraction of sp³-hybridized carbons (Fsp3) is 0.692. The van der Waals surface area contributed by atoms with E-state index in [1.165, 1.54) is 0 Å². The van der Waals surface area contributed by atoms with E-state index < -0.39 is 12.6 Å². The SMILES string of the molecule is CCCNc1nc(C)cc(NCCCCC(F)(F)F)n1. The van der Waals surface area contributed by atoms with Crippen molar-refractivity contribution >= 4 is 11.8 Å². The number of nitrogens with one attached hydrogen (secondary N) is 2. The van der Waals surface area contributed by atoms with Crippen LogP contribution in [-0.2, 0) is 0 Å². The Kier molecular flexibility index (Phi) is 6.54. The van der Waals surface area contributed by atoms with Gasteiger partial charge in [0.05, 0.1) is 0 Å². The molecule has 0 aromatic carbocycles. The highest BCUT2D eigenvalue weighted by atomic mass is 19.4. The molecule has 0 spiro atoms. The fourth-order valence-corrected chi connectivity index (χ4v) is 1.64. The molecule has 0 aliphatic rings. The van der Waals surface area contributed by atoms with Crippen LogP contribution in [0.3, 0.4) is 0 Å². The van der Waals surface area contributed by atoms with Crippen LogP contribution < -0.4 is 10.6 Å². The number of rotatable bonds is 8. The van der Waals surface area contributed by atoms with Crippen molar-refractivity contribution in [1.82, 2.24) is 9.97 Å². The molecule has 4 nitrogen and oxygen atoms in total. The van der Waals surface area contributed by atoms with Gasteiger partial charge in [0, 0.05) is 31.3 Å². The molecule has 0 saturated heterocycles. The van der Waals surface area contributed by atoms with Crippen molar-refractivity contribution < 1.29 is 13.2 Å². The summed E-state index contributed by atoms with van der Waals surface area (Å²) in [5, 5.41) is 6.12. The van der Waals surface area contributed by atoms with Crippen LogP contribution in [0.5, 0.6) is 0 Å². The Bertz CT molecular complexity index is 407. The largest absolute Gasteiger partial charge is 0.389 e. The maximum atomic E-state index is 12.0. The second-order valence-electron chi connectivity index (χ2n) is 4.64. The fourth-order valence-electron chi connectivity index (χ4n) is 1.64. The summed E-state index contributed by atoms with van der Waals surface area (Å²) in [6.07, 6.45) is -3.25. The Morgan fingerprint density at radius 2 is 1.85 bits per heavy atom. The minimum Gasteiger partial charge on any atom is -0.370 e. The summed E-state index contributed by atoms with van der Waals surface area (Å²) in [5.74, 6) is 1.19. The molecule has 1 aromatic rings. The molecule has 0 aliphatic carbocycles. The Morgan fingerprint density at radius 1 is 1.10 bits per heavy atom. The lowest BCUT2D eigenvalue weighted by molar-refractivity contribution is -0.135. The van der Waals surface area contributed by atoms with E-state index in [0.717, 1.165) is 18.7 Å². The lowest BCUT2D eigenvalue weighted by Gasteiger charge is -2.10. The third kappa shape index (κ3) is 7.16. The Labute approximate surface area is 117 Å². The normalized spacial score (nSPS) is 11.4. The highest BCUT2D eigenvalue weighted by Crippen LogP contribution is 2.22. The van der Waals surface area contributed by atoms with Crippen molar-refractivity contribution in [3.05, 3.63) is 11.8 Å². The zero-order valence-electron chi connectivity index (χ0n) is 11.8. The average Bonchev–Trinajstić information content (AvgIpc) is 2.34. The van der Waals surface area contributed by atoms with Crippen molar-refractivity contribution in [2.75, 3.05) is 23.7 Å². The molecule has 0 amide bonds. The Hall–Kier alpha value is -1.53. The lowest BCUT2D eigenvalue weighted by atomic mass is 10.2. The molecule has 0 bridgehead atoms. The van der Waals surface area contributed by atoms with Crippen molar-refractivity contribution in [3.8, 4) is 0 Å². The highest BCUT2D eigenvalue weighted by molar-refractivity contribution is 5.41. The van der Waals surface area contributed by atoms with E-state index in [0.29, 0.717) is 24.7 Å². The number of aromatic nitrogens is 2. The third-order valence-corrected chi connectivity index (χ3v) is 2.58. The second kappa shape index (κ2) is 7.91. The van der Waals surface area contributed by atoms with Crippen molar-refractivity contribution in [2.45, 2.75) is 45.7 Å². The minimum absolute atomic E-state index is 0.126. The smallest absolute Gasteiger partial charge is 0.370 e. The molecule has 2 N–H and O–H groups in total. The molecular formula is C13H21F3N4. The molecule has 0 unspecified atom stereocenters. The van der Waals surface area contributed by atoms with Crippen LogP contribution in [0.2, 0.25) is 0 Å². The predicted molar refractivity (Wildman–Crippen MR) is 73.9 cm³/mol. The van der Waals surface area contributed by atoms with Crippen LogP contribution in [0.4, 0.5) is 24.9 Å². The van der Waals surface area contributed by atoms with Gasteiger partial charge in [0.2, 0.25) is 5.95 Å². The van der Waals surface area contributed by atoms with Gasteiger partial charge in [0.1, 0.15) is 5.82 Å². The van der Waals surface area contributed by atoms with Gasteiger partial charge in [-0.25, -0.2) is 4.98 Å². The lowest BCUT2D eigenvalue weighted by Crippen LogP contribution is -2.11. The van der Waals surface area contributed by atoms with Crippen LogP contribution in [0, 0.1) is 6.92 Å². The van der Waals surface area contributed by atoms with Gasteiger partial charge in [-0.15, -0.1) is 0 Å². The van der Waals surface area contributed by atoms with Gasteiger partial charge in [-0.1, -0.05) is 6.92 Å². The summed E-state index contributed by atoms with van der Waals surface area (Å²) in [7, 11) is 0. The van der Waals surface area contributed by atoms with Crippen LogP contribution in [-0.4, -0.2) is 29.2 Å². The summed E-state index contributed by atoms with van der Waals surface area (Å²) in [5.41, 5.74) is 0.816. The number of hydrogen-bond acceptors (Lipinski definition) is 4. The molecule has 20 heavy (non-hydrogen) atoms. The standard InChI is InChI=1S/C13H21F3N4/c1-3-7-18-12-19-10(2)9-11(20-12)17-8-5-4-6-13(14,15)16/h9H,3-8H2,1-2H3,(H2,17,18,19,20). The number of anilines is 2. The molecular weight excluding hydrogens is 269 g/mol. The van der Waals surface area contributed by atoms with Gasteiger partial charge in [-0.3, -0.25) is 0 Å². The molecule has 7 heteroatoms. The number of unbranched alkanes of at least 4 members (excludes halogenated alkanes) is 1. The topological polar surface area (TPSA) is 49.8 Å². The average molecular weight is 290 g/mol. The zero-order valence-corrected chi connectivity index (χ0v) is 11.8. The number of aryl methyl sites for hydroxylation is 1. The van der Waals surface area contributed by atoms with E-state index in [2.05, 4.69) is 20.6 Å². The van der Waals surface area contributed by atoms with E-state index >= 15 is 0 Å². The van der Waals surface area contributed by atoms with Crippen LogP contribution in [0.25, 0.3) is 0 Å². The molecule has 0 aliphatic heterocycles. The summed E-state index contributed by atoms with van der Waals surface area (Å²) < 4.78 is 35.9. The molecule has 0 atom stereocenters. The molecule has 114 valence electrons. The van der Waals surface area contributed by atoms with E-state index in [1.54, 1.807) is 6.07 Å². The van der Waals surface area contributed by atoms with E-state index in [1.807, 2.05) is 13.8 Å². The van der Waals surface area contributed by atoms with Gasteiger partial charge < -0.3 is 10.6 Å². The summed E-state index contributed by atoms with van der Waals surface area (Å²) >= 11 is 0. The van der Waals surface area contributed by atoms with Crippen molar-refractivity contribution in [3.63, 3.8) is 0 Å². The predicted octanol–water partition coefficient (Wildman–Crippen LogP) is 3.75. The first-order valence-electron chi connectivity index (χ1n) is 6.81. The minimum atomic E-state index is -4.07.